The number of pyridine rings is 1. The number of hydroxylamine groups is 2. The lowest BCUT2D eigenvalue weighted by molar-refractivity contribution is -0.197. The Balaban J connectivity index is 1.26. The molecule has 1 aliphatic heterocycles. The van der Waals surface area contributed by atoms with Crippen molar-refractivity contribution in [1.82, 2.24) is 24.9 Å². The molecule has 2 aromatic carbocycles. The molecule has 2 aromatic heterocycles. The van der Waals surface area contributed by atoms with E-state index in [1.807, 2.05) is 19.1 Å². The van der Waals surface area contributed by atoms with Gasteiger partial charge >= 0.3 is 21.6 Å². The first-order chi connectivity index (χ1) is 26.5. The van der Waals surface area contributed by atoms with Crippen LogP contribution in [0.25, 0.3) is 21.9 Å². The van der Waals surface area contributed by atoms with Crippen LogP contribution >= 0.6 is 15.6 Å². The summed E-state index contributed by atoms with van der Waals surface area (Å²) in [5.74, 6) is -1.99. The van der Waals surface area contributed by atoms with Gasteiger partial charge in [-0.3, -0.25) is 34.0 Å². The van der Waals surface area contributed by atoms with E-state index in [0.717, 1.165) is 30.5 Å². The number of hydrogen-bond donors (Lipinski definition) is 6. The number of nitrogens with one attached hydrogen (secondary N) is 1. The summed E-state index contributed by atoms with van der Waals surface area (Å²) in [6.45, 7) is 2.62. The van der Waals surface area contributed by atoms with Crippen LogP contribution in [0.15, 0.2) is 36.4 Å². The second-order valence-corrected chi connectivity index (χ2v) is 15.1. The fourth-order valence-electron chi connectivity index (χ4n) is 5.96. The van der Waals surface area contributed by atoms with Crippen molar-refractivity contribution in [1.29, 1.82) is 0 Å². The second kappa shape index (κ2) is 18.3. The van der Waals surface area contributed by atoms with Gasteiger partial charge in [-0.05, 0) is 55.2 Å². The van der Waals surface area contributed by atoms with Crippen molar-refractivity contribution < 1.29 is 66.5 Å². The minimum Gasteiger partial charge on any atom is -0.404 e. The van der Waals surface area contributed by atoms with Crippen LogP contribution in [-0.4, -0.2) is 82.6 Å². The van der Waals surface area contributed by atoms with Gasteiger partial charge in [-0.15, -0.1) is 5.06 Å². The number of benzene rings is 2. The van der Waals surface area contributed by atoms with E-state index >= 15 is 0 Å². The minimum absolute atomic E-state index is 0.00601. The van der Waals surface area contributed by atoms with Crippen molar-refractivity contribution in [3.63, 3.8) is 0 Å². The van der Waals surface area contributed by atoms with Crippen LogP contribution in [0.3, 0.4) is 0 Å². The Morgan fingerprint density at radius 2 is 1.64 bits per heavy atom. The molecule has 0 unspecified atom stereocenters. The van der Waals surface area contributed by atoms with Crippen LogP contribution in [0, 0.1) is 0 Å². The first-order valence-corrected chi connectivity index (χ1v) is 20.7. The number of unbranched alkanes of at least 4 members (excludes halogenated alkanes) is 1. The zero-order chi connectivity index (χ0) is 40.6. The predicted molar refractivity (Wildman–Crippen MR) is 198 cm³/mol. The number of phosphoric acid groups is 2. The standard InChI is InChI=1S/C34H42N6O14P2/c1-2-3-5-27-38-32-33(39(27)20-22-19-23(53-55(45,46)47)9-11-26(22)54-56(48,49)50)24-18-21(8-10-25(24)37-34(32)35)14-16-51-17-15-36-28(41)6-4-7-31(44)52-40-29(42)12-13-30(40)43/h8-11,18-19H,2-7,12-17,20H2,1H3,(H2,35,37)(H,36,41)(H2,45,46,47)(H2,48,49,50). The molecule has 0 spiro atoms. The van der Waals surface area contributed by atoms with Crippen LogP contribution in [-0.2, 0) is 57.3 Å². The highest BCUT2D eigenvalue weighted by Gasteiger charge is 2.32. The number of ether oxygens (including phenoxy) is 1. The van der Waals surface area contributed by atoms with E-state index in [9.17, 15) is 47.9 Å². The number of phosphoric ester groups is 2. The zero-order valence-corrected chi connectivity index (χ0v) is 32.1. The first-order valence-electron chi connectivity index (χ1n) is 17.6. The molecule has 5 rings (SSSR count). The van der Waals surface area contributed by atoms with Crippen LogP contribution in [0.2, 0.25) is 0 Å². The third-order valence-electron chi connectivity index (χ3n) is 8.49. The Morgan fingerprint density at radius 3 is 2.34 bits per heavy atom. The molecule has 0 saturated carbocycles. The number of nitrogen functional groups attached to an aromatic ring is 1. The maximum atomic E-state index is 12.2. The van der Waals surface area contributed by atoms with Crippen LogP contribution in [0.4, 0.5) is 5.82 Å². The topological polar surface area (TPSA) is 292 Å². The number of imidazole rings is 1. The second-order valence-electron chi connectivity index (χ2n) is 12.8. The molecular formula is C34H42N6O14P2. The van der Waals surface area contributed by atoms with Gasteiger partial charge in [0.25, 0.3) is 11.8 Å². The number of nitrogens with two attached hydrogens (primary N) is 1. The average molecular weight is 821 g/mol. The molecule has 7 N–H and O–H groups in total. The third kappa shape index (κ3) is 11.5. The maximum absolute atomic E-state index is 12.2. The number of carbonyl (C=O) groups excluding carboxylic acids is 4. The molecule has 0 radical (unpaired) electrons. The summed E-state index contributed by atoms with van der Waals surface area (Å²) >= 11 is 0. The number of aromatic nitrogens is 3. The van der Waals surface area contributed by atoms with E-state index in [2.05, 4.69) is 10.3 Å². The molecule has 1 fully saturated rings. The van der Waals surface area contributed by atoms with Crippen molar-refractivity contribution in [2.75, 3.05) is 25.5 Å². The average Bonchev–Trinajstić information content (AvgIpc) is 3.64. The van der Waals surface area contributed by atoms with Crippen LogP contribution in [0.1, 0.15) is 68.8 Å². The summed E-state index contributed by atoms with van der Waals surface area (Å²) in [7, 11) is -10.0. The third-order valence-corrected chi connectivity index (χ3v) is 9.37. The number of fused-ring (bicyclic) bond motifs is 3. The van der Waals surface area contributed by atoms with Crippen molar-refractivity contribution in [3.05, 3.63) is 53.3 Å². The Kier molecular flexibility index (Phi) is 13.8. The normalized spacial score (nSPS) is 13.5. The molecule has 20 nitrogen and oxygen atoms in total. The minimum atomic E-state index is -5.05. The van der Waals surface area contributed by atoms with Gasteiger partial charge < -0.3 is 34.2 Å². The van der Waals surface area contributed by atoms with Gasteiger partial charge in [0.15, 0.2) is 5.82 Å². The molecule has 1 aliphatic rings. The summed E-state index contributed by atoms with van der Waals surface area (Å²) in [5.41, 5.74) is 8.88. The van der Waals surface area contributed by atoms with E-state index < -0.39 is 33.4 Å². The predicted octanol–water partition coefficient (Wildman–Crippen LogP) is 2.95. The number of amides is 3. The summed E-state index contributed by atoms with van der Waals surface area (Å²) in [5, 5.41) is 3.83. The van der Waals surface area contributed by atoms with Gasteiger partial charge in [0.05, 0.1) is 30.8 Å². The Bertz CT molecular complexity index is 2200. The van der Waals surface area contributed by atoms with Crippen LogP contribution in [0.5, 0.6) is 11.5 Å². The Labute approximate surface area is 319 Å². The number of carbonyl (C=O) groups is 4. The fraction of sp³-hybridized carbons (Fsp3) is 0.412. The van der Waals surface area contributed by atoms with E-state index in [0.29, 0.717) is 52.3 Å². The van der Waals surface area contributed by atoms with Crippen molar-refractivity contribution in [2.24, 2.45) is 0 Å². The molecule has 4 aromatic rings. The lowest BCUT2D eigenvalue weighted by atomic mass is 10.1. The number of anilines is 1. The molecule has 1 saturated heterocycles. The molecule has 302 valence electrons. The smallest absolute Gasteiger partial charge is 0.404 e. The lowest BCUT2D eigenvalue weighted by Crippen LogP contribution is -2.32. The van der Waals surface area contributed by atoms with Crippen molar-refractivity contribution in [2.45, 2.75) is 71.3 Å². The lowest BCUT2D eigenvalue weighted by Gasteiger charge is -2.17. The summed E-state index contributed by atoms with van der Waals surface area (Å²) in [6, 6.07) is 9.03. The Morgan fingerprint density at radius 1 is 0.911 bits per heavy atom. The molecule has 0 atom stereocenters. The van der Waals surface area contributed by atoms with Gasteiger partial charge in [-0.2, -0.15) is 0 Å². The van der Waals surface area contributed by atoms with E-state index in [1.54, 1.807) is 10.6 Å². The van der Waals surface area contributed by atoms with Gasteiger partial charge in [0, 0.05) is 49.6 Å². The van der Waals surface area contributed by atoms with E-state index in [-0.39, 0.29) is 80.6 Å². The summed E-state index contributed by atoms with van der Waals surface area (Å²) < 4.78 is 40.7. The molecule has 0 bridgehead atoms. The van der Waals surface area contributed by atoms with Gasteiger partial charge in [-0.1, -0.05) is 19.4 Å². The number of nitrogens with zero attached hydrogens (tertiary/aromatic N) is 4. The van der Waals surface area contributed by atoms with E-state index in [1.165, 1.54) is 6.07 Å². The number of imide groups is 1. The maximum Gasteiger partial charge on any atom is 0.524 e. The number of aryl methyl sites for hydroxylation is 1. The first kappa shape index (κ1) is 42.2. The molecule has 3 heterocycles. The van der Waals surface area contributed by atoms with Crippen LogP contribution < -0.4 is 20.1 Å². The monoisotopic (exact) mass is 820 g/mol. The summed E-state index contributed by atoms with van der Waals surface area (Å²) in [4.78, 5) is 99.3. The van der Waals surface area contributed by atoms with Gasteiger partial charge in [0.2, 0.25) is 5.91 Å². The molecule has 56 heavy (non-hydrogen) atoms. The van der Waals surface area contributed by atoms with Gasteiger partial charge in [0.1, 0.15) is 22.8 Å². The molecule has 3 amide bonds. The number of hydrogen-bond acceptors (Lipinski definition) is 13. The fourth-order valence-corrected chi connectivity index (χ4v) is 6.78. The molecule has 22 heteroatoms. The molecular weight excluding hydrogens is 778 g/mol. The Hall–Kier alpha value is -4.94. The highest BCUT2D eigenvalue weighted by Crippen LogP contribution is 2.43. The largest absolute Gasteiger partial charge is 0.524 e. The summed E-state index contributed by atoms with van der Waals surface area (Å²) in [6.07, 6.45) is 2.58. The zero-order valence-electron chi connectivity index (χ0n) is 30.3. The number of rotatable bonds is 20. The highest BCUT2D eigenvalue weighted by molar-refractivity contribution is 7.47. The quantitative estimate of drug-likeness (QED) is 0.0424. The van der Waals surface area contributed by atoms with Gasteiger partial charge in [-0.25, -0.2) is 23.9 Å². The van der Waals surface area contributed by atoms with Crippen molar-refractivity contribution in [3.8, 4) is 11.5 Å². The SMILES string of the molecule is CCCCc1nc2c(N)nc3ccc(CCOCCNC(=O)CCCC(=O)ON4C(=O)CCC4=O)cc3c2n1Cc1cc(OP(=O)(O)O)ccc1OP(=O)(O)O. The van der Waals surface area contributed by atoms with Crippen molar-refractivity contribution >= 4 is 67.1 Å². The highest BCUT2D eigenvalue weighted by atomic mass is 31.2. The molecule has 0 aliphatic carbocycles. The van der Waals surface area contributed by atoms with E-state index in [4.69, 9.17) is 29.3 Å².